The zero-order chi connectivity index (χ0) is 13.5. The summed E-state index contributed by atoms with van der Waals surface area (Å²) in [7, 11) is 0. The van der Waals surface area contributed by atoms with E-state index in [0.717, 1.165) is 17.9 Å². The Morgan fingerprint density at radius 2 is 1.78 bits per heavy atom. The molecule has 0 aliphatic carbocycles. The fourth-order valence-corrected chi connectivity index (χ4v) is 2.02. The summed E-state index contributed by atoms with van der Waals surface area (Å²) in [5.74, 6) is 8.08. The summed E-state index contributed by atoms with van der Waals surface area (Å²) < 4.78 is 0. The summed E-state index contributed by atoms with van der Waals surface area (Å²) in [5.41, 5.74) is 3.69. The largest absolute Gasteiger partial charge is 0.369 e. The monoisotopic (exact) mass is 251 g/mol. The molecular formula is C13H25N5. The maximum atomic E-state index is 5.50. The van der Waals surface area contributed by atoms with E-state index in [-0.39, 0.29) is 0 Å². The van der Waals surface area contributed by atoms with Crippen molar-refractivity contribution in [3.8, 4) is 0 Å². The van der Waals surface area contributed by atoms with Crippen molar-refractivity contribution in [1.82, 2.24) is 9.97 Å². The van der Waals surface area contributed by atoms with Gasteiger partial charge in [0, 0.05) is 12.1 Å². The summed E-state index contributed by atoms with van der Waals surface area (Å²) >= 11 is 0. The van der Waals surface area contributed by atoms with Gasteiger partial charge >= 0.3 is 0 Å². The standard InChI is InChI=1S/C13H25N5/c1-5-10(6-2)7-15-12-11(9(3)4)13(18-14)17-8-16-12/h8-10H,5-7,14H2,1-4H3,(H2,15,16,17,18). The van der Waals surface area contributed by atoms with Crippen LogP contribution in [0.4, 0.5) is 11.6 Å². The molecule has 5 nitrogen and oxygen atoms in total. The Bertz CT molecular complexity index is 360. The zero-order valence-electron chi connectivity index (χ0n) is 11.8. The Morgan fingerprint density at radius 3 is 2.28 bits per heavy atom. The van der Waals surface area contributed by atoms with Gasteiger partial charge in [0.15, 0.2) is 0 Å². The lowest BCUT2D eigenvalue weighted by Gasteiger charge is -2.19. The van der Waals surface area contributed by atoms with Crippen LogP contribution in [0.1, 0.15) is 52.0 Å². The van der Waals surface area contributed by atoms with Crippen LogP contribution in [0.25, 0.3) is 0 Å². The number of nitrogen functional groups attached to an aromatic ring is 1. The minimum atomic E-state index is 0.321. The third-order valence-corrected chi connectivity index (χ3v) is 3.31. The van der Waals surface area contributed by atoms with Crippen molar-refractivity contribution in [1.29, 1.82) is 0 Å². The SMILES string of the molecule is CCC(CC)CNc1ncnc(NN)c1C(C)C. The fraction of sp³-hybridized carbons (Fsp3) is 0.692. The topological polar surface area (TPSA) is 75.9 Å². The van der Waals surface area contributed by atoms with E-state index in [1.165, 1.54) is 19.2 Å². The molecule has 4 N–H and O–H groups in total. The van der Waals surface area contributed by atoms with Gasteiger partial charge < -0.3 is 10.7 Å². The van der Waals surface area contributed by atoms with Crippen LogP contribution >= 0.6 is 0 Å². The van der Waals surface area contributed by atoms with E-state index in [0.29, 0.717) is 17.7 Å². The molecule has 0 aliphatic rings. The molecule has 1 rings (SSSR count). The van der Waals surface area contributed by atoms with Crippen molar-refractivity contribution < 1.29 is 0 Å². The molecule has 0 saturated heterocycles. The van der Waals surface area contributed by atoms with Crippen LogP contribution in [0.3, 0.4) is 0 Å². The minimum Gasteiger partial charge on any atom is -0.369 e. The van der Waals surface area contributed by atoms with Crippen LogP contribution in [0.5, 0.6) is 0 Å². The summed E-state index contributed by atoms with van der Waals surface area (Å²) in [4.78, 5) is 8.49. The van der Waals surface area contributed by atoms with Gasteiger partial charge in [0.05, 0.1) is 0 Å². The summed E-state index contributed by atoms with van der Waals surface area (Å²) in [6.45, 7) is 9.59. The maximum Gasteiger partial charge on any atom is 0.148 e. The van der Waals surface area contributed by atoms with Gasteiger partial charge in [-0.05, 0) is 11.8 Å². The molecule has 0 aromatic carbocycles. The molecule has 0 amide bonds. The number of hydrogen-bond acceptors (Lipinski definition) is 5. The molecule has 5 heteroatoms. The summed E-state index contributed by atoms with van der Waals surface area (Å²) in [5, 5.41) is 3.42. The molecule has 0 spiro atoms. The first-order valence-corrected chi connectivity index (χ1v) is 6.69. The lowest BCUT2D eigenvalue weighted by Crippen LogP contribution is -2.18. The molecule has 1 heterocycles. The van der Waals surface area contributed by atoms with E-state index in [2.05, 4.69) is 48.4 Å². The van der Waals surface area contributed by atoms with E-state index >= 15 is 0 Å². The number of nitrogens with two attached hydrogens (primary N) is 1. The first-order chi connectivity index (χ1) is 8.63. The molecule has 0 aliphatic heterocycles. The molecule has 0 fully saturated rings. The lowest BCUT2D eigenvalue weighted by molar-refractivity contribution is 0.518. The Morgan fingerprint density at radius 1 is 1.17 bits per heavy atom. The predicted molar refractivity (Wildman–Crippen MR) is 76.5 cm³/mol. The smallest absolute Gasteiger partial charge is 0.148 e. The van der Waals surface area contributed by atoms with Gasteiger partial charge in [-0.25, -0.2) is 15.8 Å². The van der Waals surface area contributed by atoms with E-state index in [4.69, 9.17) is 5.84 Å². The third kappa shape index (κ3) is 3.57. The van der Waals surface area contributed by atoms with Gasteiger partial charge in [-0.15, -0.1) is 0 Å². The highest BCUT2D eigenvalue weighted by Crippen LogP contribution is 2.27. The van der Waals surface area contributed by atoms with Crippen molar-refractivity contribution in [2.45, 2.75) is 46.5 Å². The van der Waals surface area contributed by atoms with Crippen molar-refractivity contribution in [2.24, 2.45) is 11.8 Å². The number of nitrogens with zero attached hydrogens (tertiary/aromatic N) is 2. The Hall–Kier alpha value is -1.36. The molecule has 18 heavy (non-hydrogen) atoms. The minimum absolute atomic E-state index is 0.321. The number of hydrazine groups is 1. The van der Waals surface area contributed by atoms with Crippen LogP contribution < -0.4 is 16.6 Å². The molecule has 0 unspecified atom stereocenters. The van der Waals surface area contributed by atoms with Gasteiger partial charge in [-0.2, -0.15) is 0 Å². The van der Waals surface area contributed by atoms with E-state index in [9.17, 15) is 0 Å². The normalized spacial score (nSPS) is 11.1. The van der Waals surface area contributed by atoms with Crippen LogP contribution in [0.2, 0.25) is 0 Å². The first kappa shape index (κ1) is 14.7. The van der Waals surface area contributed by atoms with Crippen molar-refractivity contribution >= 4 is 11.6 Å². The molecular weight excluding hydrogens is 226 g/mol. The highest BCUT2D eigenvalue weighted by atomic mass is 15.3. The first-order valence-electron chi connectivity index (χ1n) is 6.69. The van der Waals surface area contributed by atoms with Crippen LogP contribution in [0.15, 0.2) is 6.33 Å². The average molecular weight is 251 g/mol. The van der Waals surface area contributed by atoms with Gasteiger partial charge in [0.2, 0.25) is 0 Å². The number of aromatic nitrogens is 2. The molecule has 1 aromatic rings. The molecule has 0 atom stereocenters. The molecule has 0 bridgehead atoms. The quantitative estimate of drug-likeness (QED) is 0.513. The van der Waals surface area contributed by atoms with Crippen molar-refractivity contribution in [2.75, 3.05) is 17.3 Å². The molecule has 1 aromatic heterocycles. The number of hydrogen-bond donors (Lipinski definition) is 3. The van der Waals surface area contributed by atoms with Crippen molar-refractivity contribution in [3.63, 3.8) is 0 Å². The van der Waals surface area contributed by atoms with Gasteiger partial charge in [0.25, 0.3) is 0 Å². The Balaban J connectivity index is 2.87. The van der Waals surface area contributed by atoms with E-state index in [1.807, 2.05) is 0 Å². The van der Waals surface area contributed by atoms with Gasteiger partial charge in [-0.1, -0.05) is 40.5 Å². The second kappa shape index (κ2) is 7.16. The number of anilines is 2. The lowest BCUT2D eigenvalue weighted by atomic mass is 10.0. The summed E-state index contributed by atoms with van der Waals surface area (Å²) in [6, 6.07) is 0. The Labute approximate surface area is 110 Å². The molecule has 102 valence electrons. The van der Waals surface area contributed by atoms with Crippen molar-refractivity contribution in [3.05, 3.63) is 11.9 Å². The van der Waals surface area contributed by atoms with Gasteiger partial charge in [0.1, 0.15) is 18.0 Å². The maximum absolute atomic E-state index is 5.50. The van der Waals surface area contributed by atoms with Crippen LogP contribution in [0, 0.1) is 5.92 Å². The van der Waals surface area contributed by atoms with Gasteiger partial charge in [-0.3, -0.25) is 0 Å². The van der Waals surface area contributed by atoms with E-state index in [1.54, 1.807) is 0 Å². The second-order valence-corrected chi connectivity index (χ2v) is 4.85. The highest BCUT2D eigenvalue weighted by Gasteiger charge is 2.14. The van der Waals surface area contributed by atoms with Crippen LogP contribution in [-0.4, -0.2) is 16.5 Å². The highest BCUT2D eigenvalue weighted by molar-refractivity contribution is 5.58. The zero-order valence-corrected chi connectivity index (χ0v) is 11.8. The third-order valence-electron chi connectivity index (χ3n) is 3.31. The predicted octanol–water partition coefficient (Wildman–Crippen LogP) is 2.73. The van der Waals surface area contributed by atoms with Crippen LogP contribution in [-0.2, 0) is 0 Å². The second-order valence-electron chi connectivity index (χ2n) is 4.85. The Kier molecular flexibility index (Phi) is 5.85. The number of rotatable bonds is 7. The van der Waals surface area contributed by atoms with E-state index < -0.39 is 0 Å². The average Bonchev–Trinajstić information content (AvgIpc) is 2.39. The summed E-state index contributed by atoms with van der Waals surface area (Å²) in [6.07, 6.45) is 3.89. The molecule has 0 radical (unpaired) electrons. The molecule has 0 saturated carbocycles. The fourth-order valence-electron chi connectivity index (χ4n) is 2.02. The number of nitrogens with one attached hydrogen (secondary N) is 2.